The molecule has 0 amide bonds. The Hall–Kier alpha value is -2.20. The molecule has 0 spiro atoms. The molecule has 1 N–H and O–H groups in total. The van der Waals surface area contributed by atoms with Crippen LogP contribution in [0.3, 0.4) is 0 Å². The van der Waals surface area contributed by atoms with Crippen LogP contribution in [0.2, 0.25) is 0 Å². The van der Waals surface area contributed by atoms with Crippen molar-refractivity contribution in [1.82, 2.24) is 4.31 Å². The Labute approximate surface area is 219 Å². The van der Waals surface area contributed by atoms with Crippen LogP contribution in [0, 0.1) is 6.07 Å². The van der Waals surface area contributed by atoms with Gasteiger partial charge in [-0.3, -0.25) is 0 Å². The molecule has 0 unspecified atom stereocenters. The van der Waals surface area contributed by atoms with Crippen molar-refractivity contribution in [2.24, 2.45) is 0 Å². The summed E-state index contributed by atoms with van der Waals surface area (Å²) in [4.78, 5) is 13.6. The first-order chi connectivity index (χ1) is 16.7. The highest BCUT2D eigenvalue weighted by molar-refractivity contribution is 9.10. The molecule has 0 saturated carbocycles. The number of halogens is 1. The number of carbonyl (C=O) groups is 1. The molecule has 185 valence electrons. The topological polar surface area (TPSA) is 75.7 Å². The Balaban J connectivity index is 1.38. The summed E-state index contributed by atoms with van der Waals surface area (Å²) >= 11 is 4.87. The maximum atomic E-state index is 12.8. The number of esters is 1. The van der Waals surface area contributed by atoms with Crippen molar-refractivity contribution in [3.8, 4) is 10.4 Å². The normalized spacial score (nSPS) is 15.3. The van der Waals surface area contributed by atoms with Crippen molar-refractivity contribution in [2.75, 3.05) is 18.4 Å². The van der Waals surface area contributed by atoms with Gasteiger partial charge in [-0.2, -0.15) is 0 Å². The van der Waals surface area contributed by atoms with E-state index in [4.69, 9.17) is 4.74 Å². The Kier molecular flexibility index (Phi) is 8.31. The minimum Gasteiger partial charge on any atom is -0.459 e. The highest BCUT2D eigenvalue weighted by Crippen LogP contribution is 2.37. The summed E-state index contributed by atoms with van der Waals surface area (Å²) < 4.78 is 33.3. The predicted molar refractivity (Wildman–Crippen MR) is 144 cm³/mol. The molecule has 0 atom stereocenters. The molecule has 2 aromatic carbocycles. The van der Waals surface area contributed by atoms with Gasteiger partial charge in [0, 0.05) is 35.4 Å². The molecule has 1 aliphatic rings. The molecule has 3 aromatic rings. The molecule has 9 heteroatoms. The lowest BCUT2D eigenvalue weighted by Gasteiger charge is -2.32. The van der Waals surface area contributed by atoms with E-state index in [0.29, 0.717) is 18.0 Å². The first-order valence-corrected chi connectivity index (χ1v) is 14.7. The van der Waals surface area contributed by atoms with Crippen molar-refractivity contribution in [3.05, 3.63) is 75.6 Å². The van der Waals surface area contributed by atoms with Gasteiger partial charge in [-0.05, 0) is 65.9 Å². The van der Waals surface area contributed by atoms with Crippen LogP contribution >= 0.6 is 27.3 Å². The van der Waals surface area contributed by atoms with Crippen molar-refractivity contribution in [3.63, 3.8) is 0 Å². The van der Waals surface area contributed by atoms with E-state index >= 15 is 0 Å². The van der Waals surface area contributed by atoms with E-state index in [1.807, 2.05) is 68.4 Å². The number of hydrogen-bond donors (Lipinski definition) is 1. The van der Waals surface area contributed by atoms with Gasteiger partial charge in [0.25, 0.3) is 0 Å². The molecule has 0 bridgehead atoms. The number of thiophene rings is 1. The molecule has 1 fully saturated rings. The summed E-state index contributed by atoms with van der Waals surface area (Å²) in [7, 11) is -3.33. The summed E-state index contributed by atoms with van der Waals surface area (Å²) in [6.45, 7) is 4.64. The number of nitrogens with one attached hydrogen (secondary N) is 1. The number of nitrogens with zero attached hydrogens (tertiary/aromatic N) is 1. The van der Waals surface area contributed by atoms with Gasteiger partial charge in [0.05, 0.1) is 16.7 Å². The lowest BCUT2D eigenvalue weighted by atomic mass is 10.1. The van der Waals surface area contributed by atoms with Crippen molar-refractivity contribution >= 4 is 48.9 Å². The van der Waals surface area contributed by atoms with E-state index in [2.05, 4.69) is 27.3 Å². The van der Waals surface area contributed by atoms with Crippen LogP contribution in [0.15, 0.2) is 59.1 Å². The van der Waals surface area contributed by atoms with Crippen LogP contribution in [0.25, 0.3) is 10.4 Å². The van der Waals surface area contributed by atoms with Crippen LogP contribution in [-0.4, -0.2) is 43.9 Å². The largest absolute Gasteiger partial charge is 0.459 e. The van der Waals surface area contributed by atoms with Crippen LogP contribution < -0.4 is 5.32 Å². The molecule has 6 nitrogen and oxygen atoms in total. The minimum absolute atomic E-state index is 0.0351. The fourth-order valence-corrected chi connectivity index (χ4v) is 7.25. The molecule has 1 saturated heterocycles. The van der Waals surface area contributed by atoms with Gasteiger partial charge in [-0.15, -0.1) is 11.3 Å². The number of benzene rings is 2. The van der Waals surface area contributed by atoms with E-state index in [0.717, 1.165) is 39.0 Å². The maximum absolute atomic E-state index is 12.8. The second kappa shape index (κ2) is 11.2. The zero-order valence-electron chi connectivity index (χ0n) is 19.7. The summed E-state index contributed by atoms with van der Waals surface area (Å²) in [5, 5.41) is 3.55. The predicted octanol–water partition coefficient (Wildman–Crippen LogP) is 5.95. The average Bonchev–Trinajstić information content (AvgIpc) is 3.21. The van der Waals surface area contributed by atoms with Gasteiger partial charge in [-0.25, -0.2) is 17.5 Å². The summed E-state index contributed by atoms with van der Waals surface area (Å²) in [5.74, 6) is -0.340. The summed E-state index contributed by atoms with van der Waals surface area (Å²) in [5.41, 5.74) is 2.73. The second-order valence-corrected chi connectivity index (χ2v) is 12.6. The summed E-state index contributed by atoms with van der Waals surface area (Å²) in [6.07, 6.45) is 1.28. The highest BCUT2D eigenvalue weighted by Gasteiger charge is 2.28. The monoisotopic (exact) mass is 575 g/mol. The number of hydrogen-bond acceptors (Lipinski definition) is 6. The highest BCUT2D eigenvalue weighted by atomic mass is 79.9. The van der Waals surface area contributed by atoms with E-state index in [-0.39, 0.29) is 23.9 Å². The average molecular weight is 577 g/mol. The molecule has 35 heavy (non-hydrogen) atoms. The lowest BCUT2D eigenvalue weighted by Crippen LogP contribution is -2.42. The first-order valence-electron chi connectivity index (χ1n) is 11.5. The van der Waals surface area contributed by atoms with E-state index in [1.54, 1.807) is 4.31 Å². The molecular formula is C26H28BrN2O4S2. The van der Waals surface area contributed by atoms with Gasteiger partial charge in [0.15, 0.2) is 0 Å². The third-order valence-corrected chi connectivity index (χ3v) is 9.51. The van der Waals surface area contributed by atoms with E-state index in [9.17, 15) is 13.2 Å². The lowest BCUT2D eigenvalue weighted by molar-refractivity contribution is 0.0383. The Bertz CT molecular complexity index is 1270. The molecule has 1 radical (unpaired) electrons. The molecule has 0 aliphatic carbocycles. The molecule has 4 rings (SSSR count). The number of rotatable bonds is 8. The van der Waals surface area contributed by atoms with Crippen LogP contribution in [0.5, 0.6) is 0 Å². The first kappa shape index (κ1) is 25.9. The minimum atomic E-state index is -3.33. The standard InChI is InChI=1S/C26H28BrN2O4S2/c1-18(2)33-26(30)24-16-23(27)25(34-24)20-9-6-10-22(15-20)28-21-11-13-29(14-12-21)35(31,32)17-19-7-4-3-5-8-19/h3-10,15,18,21,28H,11-14,17H2,1-2H3. The fourth-order valence-electron chi connectivity index (χ4n) is 4.02. The van der Waals surface area contributed by atoms with Crippen molar-refractivity contribution in [1.29, 1.82) is 0 Å². The van der Waals surface area contributed by atoms with Gasteiger partial charge in [0.2, 0.25) is 10.0 Å². The summed E-state index contributed by atoms with van der Waals surface area (Å²) in [6, 6.07) is 20.6. The molecule has 1 aromatic heterocycles. The van der Waals surface area contributed by atoms with Crippen molar-refractivity contribution < 1.29 is 17.9 Å². The zero-order chi connectivity index (χ0) is 25.0. The van der Waals surface area contributed by atoms with Gasteiger partial charge >= 0.3 is 5.97 Å². The number of sulfonamides is 1. The Morgan fingerprint density at radius 1 is 1.17 bits per heavy atom. The third-order valence-electron chi connectivity index (χ3n) is 5.69. The second-order valence-electron chi connectivity index (χ2n) is 8.79. The number of piperidine rings is 1. The zero-order valence-corrected chi connectivity index (χ0v) is 22.9. The van der Waals surface area contributed by atoms with Gasteiger partial charge < -0.3 is 10.1 Å². The maximum Gasteiger partial charge on any atom is 0.349 e. The van der Waals surface area contributed by atoms with Crippen LogP contribution in [-0.2, 0) is 20.5 Å². The van der Waals surface area contributed by atoms with Crippen molar-refractivity contribution in [2.45, 2.75) is 44.6 Å². The van der Waals surface area contributed by atoms with Gasteiger partial charge in [0.1, 0.15) is 4.88 Å². The van der Waals surface area contributed by atoms with Gasteiger partial charge in [-0.1, -0.05) is 42.5 Å². The Morgan fingerprint density at radius 3 is 2.57 bits per heavy atom. The smallest absolute Gasteiger partial charge is 0.349 e. The fraction of sp³-hybridized carbons (Fsp3) is 0.346. The third kappa shape index (κ3) is 6.73. The number of ether oxygens (including phenoxy) is 1. The molecule has 2 heterocycles. The SMILES string of the molecule is CC(C)OC(=O)c1[c]c(Br)c(-c2cccc(NC3CCN(S(=O)(=O)Cc4ccccc4)CC3)c2)s1. The van der Waals surface area contributed by atoms with E-state index < -0.39 is 10.0 Å². The van der Waals surface area contributed by atoms with E-state index in [1.165, 1.54) is 11.3 Å². The van der Waals surface area contributed by atoms with Crippen LogP contribution in [0.4, 0.5) is 5.69 Å². The number of anilines is 1. The molecule has 1 aliphatic heterocycles. The quantitative estimate of drug-likeness (QED) is 0.336. The number of carbonyl (C=O) groups excluding carboxylic acids is 1. The molecular weight excluding hydrogens is 548 g/mol. The Morgan fingerprint density at radius 2 is 1.89 bits per heavy atom. The van der Waals surface area contributed by atoms with Crippen LogP contribution in [0.1, 0.15) is 41.9 Å².